The van der Waals surface area contributed by atoms with Crippen LogP contribution >= 0.6 is 23.2 Å². The maximum Gasteiger partial charge on any atom is 0.266 e. The van der Waals surface area contributed by atoms with Crippen LogP contribution in [0.1, 0.15) is 27.5 Å². The molecular formula is C24H19Cl2FN2O3S. The Hall–Kier alpha value is -2.74. The van der Waals surface area contributed by atoms with Crippen LogP contribution in [0, 0.1) is 12.7 Å². The topological polar surface area (TPSA) is 66.8 Å². The molecule has 1 aliphatic heterocycles. The number of benzene rings is 3. The van der Waals surface area contributed by atoms with Crippen LogP contribution in [-0.2, 0) is 10.0 Å². The van der Waals surface area contributed by atoms with Crippen molar-refractivity contribution in [1.82, 2.24) is 4.31 Å². The minimum Gasteiger partial charge on any atom is -0.292 e. The minimum atomic E-state index is -4.26. The Morgan fingerprint density at radius 1 is 0.970 bits per heavy atom. The number of hydrogen-bond acceptors (Lipinski definition) is 4. The summed E-state index contributed by atoms with van der Waals surface area (Å²) in [5.74, 6) is -1.21. The Morgan fingerprint density at radius 2 is 1.58 bits per heavy atom. The van der Waals surface area contributed by atoms with Gasteiger partial charge >= 0.3 is 0 Å². The highest BCUT2D eigenvalue weighted by atomic mass is 35.5. The van der Waals surface area contributed by atoms with Gasteiger partial charge in [-0.3, -0.25) is 9.79 Å². The van der Waals surface area contributed by atoms with Crippen LogP contribution in [0.4, 0.5) is 4.39 Å². The summed E-state index contributed by atoms with van der Waals surface area (Å²) >= 11 is 12.3. The molecule has 0 bridgehead atoms. The standard InChI is InChI=1S/C24H19Cl2FN2O3S/c1-15-7-13-19(14-8-15)33(31,32)29-21(22(30)17-9-11-18(27)12-10-17)20(28-24(29)23(25)26)16-5-3-2-4-6-16/h2-14,20-21,23H,1H3/t20-,21+/m1/s1. The van der Waals surface area contributed by atoms with E-state index in [4.69, 9.17) is 23.2 Å². The first-order valence-corrected chi connectivity index (χ1v) is 12.3. The number of nitrogens with zero attached hydrogens (tertiary/aromatic N) is 2. The number of Topliss-reactive ketones (excluding diaryl/α,β-unsaturated/α-hetero) is 1. The number of aryl methyl sites for hydroxylation is 1. The van der Waals surface area contributed by atoms with Crippen LogP contribution in [0.15, 0.2) is 88.8 Å². The van der Waals surface area contributed by atoms with E-state index in [0.29, 0.717) is 5.56 Å². The number of aliphatic imine (C=N–C) groups is 1. The zero-order valence-corrected chi connectivity index (χ0v) is 19.7. The lowest BCUT2D eigenvalue weighted by Crippen LogP contribution is -2.48. The maximum absolute atomic E-state index is 13.8. The van der Waals surface area contributed by atoms with Gasteiger partial charge in [0.2, 0.25) is 0 Å². The molecule has 0 aromatic heterocycles. The number of halogens is 3. The second-order valence-corrected chi connectivity index (χ2v) is 10.5. The van der Waals surface area contributed by atoms with E-state index in [0.717, 1.165) is 22.0 Å². The second-order valence-electron chi connectivity index (χ2n) is 7.57. The summed E-state index contributed by atoms with van der Waals surface area (Å²) < 4.78 is 41.9. The van der Waals surface area contributed by atoms with Gasteiger partial charge in [0.15, 0.2) is 10.6 Å². The van der Waals surface area contributed by atoms with E-state index in [1.807, 2.05) is 6.92 Å². The fourth-order valence-corrected chi connectivity index (χ4v) is 5.79. The van der Waals surface area contributed by atoms with Crippen LogP contribution < -0.4 is 0 Å². The van der Waals surface area contributed by atoms with Crippen LogP contribution in [0.2, 0.25) is 0 Å². The van der Waals surface area contributed by atoms with Crippen molar-refractivity contribution in [3.8, 4) is 0 Å². The van der Waals surface area contributed by atoms with Crippen LogP contribution in [0.5, 0.6) is 0 Å². The molecule has 4 rings (SSSR count). The minimum absolute atomic E-state index is 0.0274. The van der Waals surface area contributed by atoms with E-state index in [9.17, 15) is 17.6 Å². The van der Waals surface area contributed by atoms with Crippen molar-refractivity contribution in [2.75, 3.05) is 0 Å². The summed E-state index contributed by atoms with van der Waals surface area (Å²) in [6.45, 7) is 1.83. The summed E-state index contributed by atoms with van der Waals surface area (Å²) in [5.41, 5.74) is 1.63. The van der Waals surface area contributed by atoms with Gasteiger partial charge in [-0.05, 0) is 48.9 Å². The normalized spacial score (nSPS) is 18.5. The van der Waals surface area contributed by atoms with Crippen molar-refractivity contribution in [2.45, 2.75) is 28.7 Å². The average Bonchev–Trinajstić information content (AvgIpc) is 3.22. The van der Waals surface area contributed by atoms with E-state index < -0.39 is 38.5 Å². The van der Waals surface area contributed by atoms with E-state index in [-0.39, 0.29) is 16.3 Å². The highest BCUT2D eigenvalue weighted by molar-refractivity contribution is 7.89. The number of amidine groups is 1. The molecule has 0 aliphatic carbocycles. The molecule has 0 saturated carbocycles. The quantitative estimate of drug-likeness (QED) is 0.336. The molecule has 0 saturated heterocycles. The van der Waals surface area contributed by atoms with Gasteiger partial charge in [-0.25, -0.2) is 17.1 Å². The van der Waals surface area contributed by atoms with E-state index in [2.05, 4.69) is 4.99 Å². The number of ketones is 1. The first kappa shape index (κ1) is 23.4. The SMILES string of the molecule is Cc1ccc(S(=O)(=O)N2C(C(Cl)Cl)=N[C@H](c3ccccc3)[C@H]2C(=O)c2ccc(F)cc2)cc1. The van der Waals surface area contributed by atoms with Gasteiger partial charge in [0.1, 0.15) is 23.7 Å². The lowest BCUT2D eigenvalue weighted by Gasteiger charge is -2.29. The number of rotatable bonds is 6. The van der Waals surface area contributed by atoms with E-state index in [1.54, 1.807) is 42.5 Å². The summed E-state index contributed by atoms with van der Waals surface area (Å²) in [4.78, 5) is 16.8. The fraction of sp³-hybridized carbons (Fsp3) is 0.167. The number of sulfonamides is 1. The van der Waals surface area contributed by atoms with E-state index in [1.165, 1.54) is 24.3 Å². The molecular weight excluding hydrogens is 486 g/mol. The molecule has 2 atom stereocenters. The molecule has 1 aliphatic rings. The zero-order chi connectivity index (χ0) is 23.8. The van der Waals surface area contributed by atoms with Crippen molar-refractivity contribution >= 4 is 44.8 Å². The summed E-state index contributed by atoms with van der Waals surface area (Å²) in [6, 6.07) is 17.8. The largest absolute Gasteiger partial charge is 0.292 e. The van der Waals surface area contributed by atoms with Gasteiger partial charge in [0.25, 0.3) is 10.0 Å². The summed E-state index contributed by atoms with van der Waals surface area (Å²) in [6.07, 6.45) is 0. The maximum atomic E-state index is 13.8. The third kappa shape index (κ3) is 4.53. The molecule has 3 aromatic carbocycles. The lowest BCUT2D eigenvalue weighted by molar-refractivity contribution is 0.0915. The van der Waals surface area contributed by atoms with Crippen LogP contribution in [-0.4, -0.2) is 35.2 Å². The van der Waals surface area contributed by atoms with E-state index >= 15 is 0 Å². The average molecular weight is 505 g/mol. The van der Waals surface area contributed by atoms with Gasteiger partial charge in [-0.2, -0.15) is 0 Å². The van der Waals surface area contributed by atoms with Crippen molar-refractivity contribution in [1.29, 1.82) is 0 Å². The Labute approximate surface area is 201 Å². The lowest BCUT2D eigenvalue weighted by atomic mass is 9.94. The Morgan fingerprint density at radius 3 is 2.15 bits per heavy atom. The van der Waals surface area contributed by atoms with Gasteiger partial charge < -0.3 is 0 Å². The predicted octanol–water partition coefficient (Wildman–Crippen LogP) is 5.33. The molecule has 3 aromatic rings. The Bertz CT molecular complexity index is 1300. The first-order chi connectivity index (χ1) is 15.7. The molecule has 0 spiro atoms. The molecule has 0 unspecified atom stereocenters. The Kier molecular flexibility index (Phi) is 6.56. The number of alkyl halides is 2. The highest BCUT2D eigenvalue weighted by Gasteiger charge is 2.49. The zero-order valence-electron chi connectivity index (χ0n) is 17.4. The van der Waals surface area contributed by atoms with Crippen LogP contribution in [0.3, 0.4) is 0 Å². The van der Waals surface area contributed by atoms with Crippen molar-refractivity contribution in [3.05, 3.63) is 101 Å². The molecule has 0 amide bonds. The molecule has 5 nitrogen and oxygen atoms in total. The summed E-state index contributed by atoms with van der Waals surface area (Å²) in [5, 5.41) is 0. The van der Waals surface area contributed by atoms with Gasteiger partial charge in [0.05, 0.1) is 4.90 Å². The molecule has 33 heavy (non-hydrogen) atoms. The first-order valence-electron chi connectivity index (χ1n) is 10.0. The monoisotopic (exact) mass is 504 g/mol. The van der Waals surface area contributed by atoms with Gasteiger partial charge in [-0.1, -0.05) is 71.2 Å². The molecule has 1 heterocycles. The third-order valence-electron chi connectivity index (χ3n) is 5.36. The van der Waals surface area contributed by atoms with Gasteiger partial charge in [-0.15, -0.1) is 0 Å². The highest BCUT2D eigenvalue weighted by Crippen LogP contribution is 2.39. The number of hydrogen-bond donors (Lipinski definition) is 0. The van der Waals surface area contributed by atoms with Crippen molar-refractivity contribution < 1.29 is 17.6 Å². The van der Waals surface area contributed by atoms with Crippen molar-refractivity contribution in [2.24, 2.45) is 4.99 Å². The fourth-order valence-electron chi connectivity index (χ4n) is 3.73. The Balaban J connectivity index is 1.90. The number of carbonyl (C=O) groups excluding carboxylic acids is 1. The number of carbonyl (C=O) groups is 1. The van der Waals surface area contributed by atoms with Gasteiger partial charge in [0, 0.05) is 5.56 Å². The smallest absolute Gasteiger partial charge is 0.266 e. The molecule has 9 heteroatoms. The summed E-state index contributed by atoms with van der Waals surface area (Å²) in [7, 11) is -4.26. The molecule has 0 fully saturated rings. The second kappa shape index (κ2) is 9.25. The molecule has 170 valence electrons. The molecule has 0 N–H and O–H groups in total. The predicted molar refractivity (Wildman–Crippen MR) is 127 cm³/mol. The van der Waals surface area contributed by atoms with Crippen molar-refractivity contribution in [3.63, 3.8) is 0 Å². The molecule has 0 radical (unpaired) electrons. The third-order valence-corrected chi connectivity index (χ3v) is 7.55. The van der Waals surface area contributed by atoms with Crippen LogP contribution in [0.25, 0.3) is 0 Å².